The average molecular weight is 396 g/mol. The fraction of sp³-hybridized carbons (Fsp3) is 0.667. The third-order valence-electron chi connectivity index (χ3n) is 6.63. The van der Waals surface area contributed by atoms with Crippen molar-refractivity contribution in [3.05, 3.63) is 29.8 Å². The summed E-state index contributed by atoms with van der Waals surface area (Å²) >= 11 is 0. The molecule has 3 aliphatic rings. The second-order valence-electron chi connectivity index (χ2n) is 8.66. The minimum Gasteiger partial charge on any atom is -0.382 e. The lowest BCUT2D eigenvalue weighted by atomic mass is 9.72. The van der Waals surface area contributed by atoms with Crippen LogP contribution in [0.3, 0.4) is 0 Å². The van der Waals surface area contributed by atoms with Crippen molar-refractivity contribution < 1.29 is 22.7 Å². The minimum absolute atomic E-state index is 0.134. The molecule has 0 aromatic heterocycles. The Morgan fingerprint density at radius 2 is 1.93 bits per heavy atom. The van der Waals surface area contributed by atoms with E-state index in [4.69, 9.17) is 4.74 Å². The van der Waals surface area contributed by atoms with E-state index in [-0.39, 0.29) is 23.9 Å². The molecule has 3 fully saturated rings. The fourth-order valence-corrected chi connectivity index (χ4v) is 5.16. The largest absolute Gasteiger partial charge is 0.416 e. The number of carbonyl (C=O) groups excluding carboxylic acids is 1. The van der Waals surface area contributed by atoms with E-state index < -0.39 is 17.5 Å². The summed E-state index contributed by atoms with van der Waals surface area (Å²) < 4.78 is 44.5. The molecule has 154 valence electrons. The second-order valence-corrected chi connectivity index (χ2v) is 8.66. The molecular weight excluding hydrogens is 369 g/mol. The molecule has 28 heavy (non-hydrogen) atoms. The van der Waals surface area contributed by atoms with Crippen molar-refractivity contribution >= 4 is 11.6 Å². The molecule has 1 aromatic carbocycles. The number of ether oxygens (including phenoxy) is 1. The van der Waals surface area contributed by atoms with Gasteiger partial charge in [0.15, 0.2) is 0 Å². The third-order valence-corrected chi connectivity index (χ3v) is 6.63. The van der Waals surface area contributed by atoms with Gasteiger partial charge < -0.3 is 15.0 Å². The van der Waals surface area contributed by atoms with Crippen LogP contribution in [0.25, 0.3) is 0 Å². The van der Waals surface area contributed by atoms with Gasteiger partial charge in [0, 0.05) is 24.1 Å². The predicted molar refractivity (Wildman–Crippen MR) is 99.6 cm³/mol. The molecule has 0 unspecified atom stereocenters. The Kier molecular flexibility index (Phi) is 4.84. The summed E-state index contributed by atoms with van der Waals surface area (Å²) in [5, 5.41) is 3.39. The summed E-state index contributed by atoms with van der Waals surface area (Å²) in [4.78, 5) is 14.7. The normalized spacial score (nSPS) is 33.0. The number of nitrogens with one attached hydrogen (secondary N) is 1. The molecule has 0 bridgehead atoms. The molecule has 1 spiro atoms. The number of halogens is 3. The van der Waals surface area contributed by atoms with Crippen LogP contribution in [0.5, 0.6) is 0 Å². The van der Waals surface area contributed by atoms with Gasteiger partial charge in [-0.1, -0.05) is 13.8 Å². The van der Waals surface area contributed by atoms with Crippen LogP contribution in [0.1, 0.15) is 51.5 Å². The molecular formula is C21H27F3N2O2. The van der Waals surface area contributed by atoms with Crippen LogP contribution in [0.2, 0.25) is 0 Å². The topological polar surface area (TPSA) is 41.6 Å². The van der Waals surface area contributed by atoms with Gasteiger partial charge in [0.25, 0.3) is 0 Å². The van der Waals surface area contributed by atoms with Crippen molar-refractivity contribution in [2.24, 2.45) is 11.8 Å². The van der Waals surface area contributed by atoms with Crippen LogP contribution in [0.4, 0.5) is 18.9 Å². The summed E-state index contributed by atoms with van der Waals surface area (Å²) in [5.74, 6) is 0.807. The molecule has 1 aliphatic carbocycles. The highest BCUT2D eigenvalue weighted by Gasteiger charge is 2.59. The summed E-state index contributed by atoms with van der Waals surface area (Å²) in [7, 11) is 0. The zero-order valence-corrected chi connectivity index (χ0v) is 16.3. The maximum absolute atomic E-state index is 12.7. The maximum Gasteiger partial charge on any atom is 0.416 e. The SMILES string of the molecule is CC(C)[C@H]1CO[C@]23CC[C@H](Nc4ccc(C(F)(F)F)cc4)C[C@H]2CCC(=O)N13. The average Bonchev–Trinajstić information content (AvgIpc) is 3.03. The first kappa shape index (κ1) is 19.6. The van der Waals surface area contributed by atoms with Gasteiger partial charge in [-0.2, -0.15) is 13.2 Å². The van der Waals surface area contributed by atoms with Crippen molar-refractivity contribution in [2.75, 3.05) is 11.9 Å². The number of alkyl halides is 3. The highest BCUT2D eigenvalue weighted by molar-refractivity contribution is 5.78. The molecule has 4 nitrogen and oxygen atoms in total. The highest BCUT2D eigenvalue weighted by atomic mass is 19.4. The van der Waals surface area contributed by atoms with Crippen LogP contribution >= 0.6 is 0 Å². The monoisotopic (exact) mass is 396 g/mol. The molecule has 2 saturated heterocycles. The Morgan fingerprint density at radius 1 is 1.21 bits per heavy atom. The summed E-state index contributed by atoms with van der Waals surface area (Å²) in [6, 6.07) is 5.51. The van der Waals surface area contributed by atoms with Gasteiger partial charge >= 0.3 is 6.18 Å². The Labute approximate surface area is 163 Å². The third kappa shape index (κ3) is 3.27. The fourth-order valence-electron chi connectivity index (χ4n) is 5.16. The molecule has 1 saturated carbocycles. The highest BCUT2D eigenvalue weighted by Crippen LogP contribution is 2.50. The number of nitrogens with zero attached hydrogens (tertiary/aromatic N) is 1. The van der Waals surface area contributed by atoms with Crippen molar-refractivity contribution in [1.29, 1.82) is 0 Å². The summed E-state index contributed by atoms with van der Waals surface area (Å²) in [6.45, 7) is 4.85. The lowest BCUT2D eigenvalue weighted by Crippen LogP contribution is -2.62. The molecule has 4 atom stereocenters. The number of benzene rings is 1. The first-order valence-electron chi connectivity index (χ1n) is 10.1. The zero-order valence-electron chi connectivity index (χ0n) is 16.3. The standard InChI is InChI=1S/C21H27F3N2O2/c1-13(2)18-12-28-20-10-9-17(11-15(20)5-8-19(27)26(18)20)25-16-6-3-14(4-7-16)21(22,23)24/h3-4,6-7,13,15,17-18,25H,5,8-12H2,1-2H3/t15-,17+,18-,20-/m1/s1. The number of carbonyl (C=O) groups is 1. The lowest BCUT2D eigenvalue weighted by molar-refractivity contribution is -0.186. The van der Waals surface area contributed by atoms with Crippen molar-refractivity contribution in [3.8, 4) is 0 Å². The van der Waals surface area contributed by atoms with Gasteiger partial charge in [-0.3, -0.25) is 4.79 Å². The number of hydrogen-bond donors (Lipinski definition) is 1. The Hall–Kier alpha value is -1.76. The molecule has 4 rings (SSSR count). The molecule has 1 amide bonds. The molecule has 1 N–H and O–H groups in total. The number of rotatable bonds is 3. The zero-order chi connectivity index (χ0) is 20.1. The van der Waals surface area contributed by atoms with E-state index in [0.29, 0.717) is 24.6 Å². The van der Waals surface area contributed by atoms with Crippen LogP contribution in [-0.2, 0) is 15.7 Å². The Balaban J connectivity index is 1.46. The van der Waals surface area contributed by atoms with E-state index in [1.54, 1.807) is 0 Å². The maximum atomic E-state index is 12.7. The van der Waals surface area contributed by atoms with Crippen LogP contribution < -0.4 is 5.32 Å². The van der Waals surface area contributed by atoms with E-state index in [9.17, 15) is 18.0 Å². The lowest BCUT2D eigenvalue weighted by Gasteiger charge is -2.52. The van der Waals surface area contributed by atoms with E-state index in [1.165, 1.54) is 12.1 Å². The van der Waals surface area contributed by atoms with Crippen molar-refractivity contribution in [2.45, 2.75) is 69.9 Å². The number of anilines is 1. The van der Waals surface area contributed by atoms with Crippen LogP contribution in [0.15, 0.2) is 24.3 Å². The Morgan fingerprint density at radius 3 is 2.57 bits per heavy atom. The van der Waals surface area contributed by atoms with Gasteiger partial charge in [0.05, 0.1) is 18.2 Å². The first-order chi connectivity index (χ1) is 13.2. The molecule has 7 heteroatoms. The quantitative estimate of drug-likeness (QED) is 0.808. The van der Waals surface area contributed by atoms with Gasteiger partial charge in [-0.15, -0.1) is 0 Å². The molecule has 2 heterocycles. The number of hydrogen-bond acceptors (Lipinski definition) is 3. The first-order valence-corrected chi connectivity index (χ1v) is 10.1. The van der Waals surface area contributed by atoms with Gasteiger partial charge in [-0.05, 0) is 55.9 Å². The van der Waals surface area contributed by atoms with E-state index in [2.05, 4.69) is 19.2 Å². The van der Waals surface area contributed by atoms with Gasteiger partial charge in [0.1, 0.15) is 5.72 Å². The Bertz CT molecular complexity index is 734. The van der Waals surface area contributed by atoms with Crippen molar-refractivity contribution in [3.63, 3.8) is 0 Å². The van der Waals surface area contributed by atoms with E-state index in [1.807, 2.05) is 4.90 Å². The molecule has 1 aromatic rings. The molecule has 2 aliphatic heterocycles. The van der Waals surface area contributed by atoms with Crippen molar-refractivity contribution in [1.82, 2.24) is 4.90 Å². The van der Waals surface area contributed by atoms with Gasteiger partial charge in [-0.25, -0.2) is 0 Å². The smallest absolute Gasteiger partial charge is 0.382 e. The second kappa shape index (κ2) is 6.94. The number of piperidine rings is 1. The van der Waals surface area contributed by atoms with E-state index in [0.717, 1.165) is 37.8 Å². The summed E-state index contributed by atoms with van der Waals surface area (Å²) in [6.07, 6.45) is -0.509. The minimum atomic E-state index is -4.32. The summed E-state index contributed by atoms with van der Waals surface area (Å²) in [5.41, 5.74) is -0.422. The molecule has 0 radical (unpaired) electrons. The predicted octanol–water partition coefficient (Wildman–Crippen LogP) is 4.66. The van der Waals surface area contributed by atoms with Crippen LogP contribution in [0, 0.1) is 11.8 Å². The van der Waals surface area contributed by atoms with Gasteiger partial charge in [0.2, 0.25) is 5.91 Å². The van der Waals surface area contributed by atoms with E-state index >= 15 is 0 Å². The van der Waals surface area contributed by atoms with Crippen LogP contribution in [-0.4, -0.2) is 35.2 Å². The number of amides is 1.